The minimum absolute atomic E-state index is 0.0229. The summed E-state index contributed by atoms with van der Waals surface area (Å²) in [5.41, 5.74) is 3.56. The van der Waals surface area contributed by atoms with Crippen LogP contribution in [-0.4, -0.2) is 25.6 Å². The summed E-state index contributed by atoms with van der Waals surface area (Å²) >= 11 is 0. The Hall–Kier alpha value is -3.73. The van der Waals surface area contributed by atoms with Gasteiger partial charge in [0.05, 0.1) is 17.9 Å². The van der Waals surface area contributed by atoms with Crippen LogP contribution in [0.5, 0.6) is 0 Å². The lowest BCUT2D eigenvalue weighted by Gasteiger charge is -2.23. The quantitative estimate of drug-likeness (QED) is 0.515. The second-order valence-electron chi connectivity index (χ2n) is 6.46. The highest BCUT2D eigenvalue weighted by molar-refractivity contribution is 5.94. The van der Waals surface area contributed by atoms with Crippen LogP contribution in [0.4, 0.5) is 0 Å². The Morgan fingerprint density at radius 2 is 1.57 bits per heavy atom. The molecule has 5 heteroatoms. The predicted octanol–water partition coefficient (Wildman–Crippen LogP) is 4.11. The number of nitrogens with zero attached hydrogens (tertiary/aromatic N) is 4. The van der Waals surface area contributed by atoms with Gasteiger partial charge in [-0.2, -0.15) is 5.10 Å². The van der Waals surface area contributed by atoms with Crippen LogP contribution in [0.3, 0.4) is 0 Å². The molecule has 28 heavy (non-hydrogen) atoms. The lowest BCUT2D eigenvalue weighted by Crippen LogP contribution is -2.31. The maximum absolute atomic E-state index is 13.2. The van der Waals surface area contributed by atoms with Crippen molar-refractivity contribution in [3.63, 3.8) is 0 Å². The highest BCUT2D eigenvalue weighted by Gasteiger charge is 2.19. The summed E-state index contributed by atoms with van der Waals surface area (Å²) in [6.45, 7) is 0.916. The molecule has 0 fully saturated rings. The number of rotatable bonds is 6. The number of hydrogen-bond donors (Lipinski definition) is 0. The van der Waals surface area contributed by atoms with Crippen LogP contribution in [0, 0.1) is 0 Å². The number of amides is 1. The Balaban J connectivity index is 1.65. The second-order valence-corrected chi connectivity index (χ2v) is 6.46. The molecule has 0 spiro atoms. The van der Waals surface area contributed by atoms with Gasteiger partial charge in [-0.3, -0.25) is 9.78 Å². The lowest BCUT2D eigenvalue weighted by atomic mass is 10.1. The van der Waals surface area contributed by atoms with Gasteiger partial charge in [0, 0.05) is 30.7 Å². The van der Waals surface area contributed by atoms with Crippen molar-refractivity contribution in [1.29, 1.82) is 0 Å². The molecule has 0 unspecified atom stereocenters. The van der Waals surface area contributed by atoms with Gasteiger partial charge in [0.15, 0.2) is 0 Å². The second kappa shape index (κ2) is 8.31. The minimum Gasteiger partial charge on any atom is -0.328 e. The van der Waals surface area contributed by atoms with Crippen molar-refractivity contribution in [3.8, 4) is 5.69 Å². The number of benzene rings is 2. The minimum atomic E-state index is -0.0229. The molecule has 0 aliphatic rings. The zero-order chi connectivity index (χ0) is 19.2. The Bertz CT molecular complexity index is 1030. The van der Waals surface area contributed by atoms with Crippen molar-refractivity contribution in [2.75, 3.05) is 0 Å². The molecule has 138 valence electrons. The molecule has 2 heterocycles. The number of pyridine rings is 1. The zero-order valence-electron chi connectivity index (χ0n) is 15.3. The van der Waals surface area contributed by atoms with Crippen LogP contribution in [-0.2, 0) is 13.1 Å². The molecule has 5 nitrogen and oxygen atoms in total. The van der Waals surface area contributed by atoms with E-state index in [1.54, 1.807) is 18.6 Å². The van der Waals surface area contributed by atoms with Gasteiger partial charge in [0.1, 0.15) is 0 Å². The third kappa shape index (κ3) is 3.99. The van der Waals surface area contributed by atoms with Gasteiger partial charge in [-0.1, -0.05) is 42.5 Å². The largest absolute Gasteiger partial charge is 0.328 e. The molecule has 1 amide bonds. The number of hydrogen-bond acceptors (Lipinski definition) is 3. The Labute approximate surface area is 163 Å². The molecule has 0 bridgehead atoms. The summed E-state index contributed by atoms with van der Waals surface area (Å²) in [6, 6.07) is 25.1. The van der Waals surface area contributed by atoms with E-state index in [4.69, 9.17) is 0 Å². The fraction of sp³-hybridized carbons (Fsp3) is 0.0870. The first-order valence-electron chi connectivity index (χ1n) is 9.13. The van der Waals surface area contributed by atoms with Crippen molar-refractivity contribution in [2.24, 2.45) is 0 Å². The molecule has 4 aromatic rings. The zero-order valence-corrected chi connectivity index (χ0v) is 15.3. The molecule has 2 aromatic heterocycles. The third-order valence-electron chi connectivity index (χ3n) is 4.48. The molecule has 0 aliphatic heterocycles. The molecule has 0 N–H and O–H groups in total. The SMILES string of the molecule is O=C(c1ccccc1)N(Cc1cccnc1)Cc1ccnn1-c1ccccc1. The van der Waals surface area contributed by atoms with Crippen molar-refractivity contribution in [1.82, 2.24) is 19.7 Å². The molecule has 4 rings (SSSR count). The van der Waals surface area contributed by atoms with Crippen LogP contribution in [0.2, 0.25) is 0 Å². The van der Waals surface area contributed by atoms with Crippen molar-refractivity contribution in [2.45, 2.75) is 13.1 Å². The first-order chi connectivity index (χ1) is 13.8. The summed E-state index contributed by atoms with van der Waals surface area (Å²) in [7, 11) is 0. The van der Waals surface area contributed by atoms with E-state index in [0.29, 0.717) is 18.7 Å². The van der Waals surface area contributed by atoms with Crippen molar-refractivity contribution in [3.05, 3.63) is 114 Å². The summed E-state index contributed by atoms with van der Waals surface area (Å²) < 4.78 is 1.87. The molecule has 0 saturated heterocycles. The number of carbonyl (C=O) groups excluding carboxylic acids is 1. The molecule has 0 aliphatic carbocycles. The molecular weight excluding hydrogens is 348 g/mol. The summed E-state index contributed by atoms with van der Waals surface area (Å²) in [6.07, 6.45) is 5.29. The molecule has 2 aromatic carbocycles. The first-order valence-corrected chi connectivity index (χ1v) is 9.13. The number of para-hydroxylation sites is 1. The molecule has 0 atom stereocenters. The monoisotopic (exact) mass is 368 g/mol. The first kappa shape index (κ1) is 17.7. The van der Waals surface area contributed by atoms with Crippen LogP contribution < -0.4 is 0 Å². The van der Waals surface area contributed by atoms with Gasteiger partial charge in [0.2, 0.25) is 0 Å². The van der Waals surface area contributed by atoms with E-state index in [9.17, 15) is 4.79 Å². The van der Waals surface area contributed by atoms with Crippen molar-refractivity contribution < 1.29 is 4.79 Å². The normalized spacial score (nSPS) is 10.6. The van der Waals surface area contributed by atoms with Gasteiger partial charge in [0.25, 0.3) is 5.91 Å². The number of aromatic nitrogens is 3. The Morgan fingerprint density at radius 3 is 2.29 bits per heavy atom. The fourth-order valence-corrected chi connectivity index (χ4v) is 3.12. The van der Waals surface area contributed by atoms with Gasteiger partial charge >= 0.3 is 0 Å². The van der Waals surface area contributed by atoms with E-state index in [2.05, 4.69) is 10.1 Å². The van der Waals surface area contributed by atoms with Crippen LogP contribution >= 0.6 is 0 Å². The van der Waals surface area contributed by atoms with E-state index in [0.717, 1.165) is 16.9 Å². The summed E-state index contributed by atoms with van der Waals surface area (Å²) in [5, 5.41) is 4.44. The van der Waals surface area contributed by atoms with Gasteiger partial charge in [-0.25, -0.2) is 4.68 Å². The molecule has 0 saturated carbocycles. The molecular formula is C23H20N4O. The third-order valence-corrected chi connectivity index (χ3v) is 4.48. The lowest BCUT2D eigenvalue weighted by molar-refractivity contribution is 0.0726. The number of carbonyl (C=O) groups is 1. The average Bonchev–Trinajstić information content (AvgIpc) is 3.23. The van der Waals surface area contributed by atoms with E-state index in [1.165, 1.54) is 0 Å². The maximum Gasteiger partial charge on any atom is 0.254 e. The van der Waals surface area contributed by atoms with E-state index < -0.39 is 0 Å². The Morgan fingerprint density at radius 1 is 0.821 bits per heavy atom. The van der Waals surface area contributed by atoms with Crippen LogP contribution in [0.15, 0.2) is 97.5 Å². The highest BCUT2D eigenvalue weighted by Crippen LogP contribution is 2.16. The Kier molecular flexibility index (Phi) is 5.24. The summed E-state index contributed by atoms with van der Waals surface area (Å²) in [4.78, 5) is 19.2. The van der Waals surface area contributed by atoms with Crippen molar-refractivity contribution >= 4 is 5.91 Å². The predicted molar refractivity (Wildman–Crippen MR) is 108 cm³/mol. The molecule has 0 radical (unpaired) electrons. The fourth-order valence-electron chi connectivity index (χ4n) is 3.12. The van der Waals surface area contributed by atoms with Gasteiger partial charge in [-0.05, 0) is 42.0 Å². The maximum atomic E-state index is 13.2. The van der Waals surface area contributed by atoms with Gasteiger partial charge in [-0.15, -0.1) is 0 Å². The van der Waals surface area contributed by atoms with Crippen LogP contribution in [0.25, 0.3) is 5.69 Å². The standard InChI is InChI=1S/C23H20N4O/c28-23(20-9-3-1-4-10-20)26(17-19-8-7-14-24-16-19)18-22-13-15-25-27(22)21-11-5-2-6-12-21/h1-16H,17-18H2. The average molecular weight is 368 g/mol. The van der Waals surface area contributed by atoms with E-state index in [1.807, 2.05) is 88.4 Å². The topological polar surface area (TPSA) is 51.0 Å². The highest BCUT2D eigenvalue weighted by atomic mass is 16.2. The van der Waals surface area contributed by atoms with E-state index in [-0.39, 0.29) is 5.91 Å². The van der Waals surface area contributed by atoms with Crippen LogP contribution in [0.1, 0.15) is 21.6 Å². The summed E-state index contributed by atoms with van der Waals surface area (Å²) in [5.74, 6) is -0.0229. The van der Waals surface area contributed by atoms with Gasteiger partial charge < -0.3 is 4.90 Å². The van der Waals surface area contributed by atoms with E-state index >= 15 is 0 Å². The smallest absolute Gasteiger partial charge is 0.254 e.